The summed E-state index contributed by atoms with van der Waals surface area (Å²) in [6.07, 6.45) is 1.36. The van der Waals surface area contributed by atoms with Crippen molar-refractivity contribution in [2.75, 3.05) is 11.6 Å². The van der Waals surface area contributed by atoms with Gasteiger partial charge in [-0.25, -0.2) is 13.8 Å². The fraction of sp³-hybridized carbons (Fsp3) is 0.375. The molecule has 1 aliphatic rings. The largest absolute Gasteiger partial charge is 0.330 e. The van der Waals surface area contributed by atoms with E-state index in [1.807, 2.05) is 11.9 Å². The molecule has 2 heterocycles. The molecule has 33 heavy (non-hydrogen) atoms. The summed E-state index contributed by atoms with van der Waals surface area (Å²) in [4.78, 5) is -0.712. The molecule has 0 radical (unpaired) electrons. The number of thioether (sulfide) groups is 1. The fourth-order valence-electron chi connectivity index (χ4n) is 3.79. The van der Waals surface area contributed by atoms with Gasteiger partial charge in [0.1, 0.15) is 26.6 Å². The smallest absolute Gasteiger partial charge is 0.230 e. The Morgan fingerprint density at radius 3 is 2.39 bits per heavy atom. The van der Waals surface area contributed by atoms with Crippen molar-refractivity contribution >= 4 is 33.3 Å². The molecule has 3 aromatic rings. The first-order valence-corrected chi connectivity index (χ1v) is 12.4. The van der Waals surface area contributed by atoms with Crippen LogP contribution in [0.2, 0.25) is 0 Å². The molecule has 0 bridgehead atoms. The third kappa shape index (κ3) is 4.67. The van der Waals surface area contributed by atoms with E-state index in [1.165, 1.54) is 34.7 Å². The van der Waals surface area contributed by atoms with Crippen molar-refractivity contribution in [3.63, 3.8) is 0 Å². The predicted octanol–water partition coefficient (Wildman–Crippen LogP) is 5.93. The van der Waals surface area contributed by atoms with Gasteiger partial charge in [-0.3, -0.25) is 0 Å². The van der Waals surface area contributed by atoms with Crippen molar-refractivity contribution in [2.45, 2.75) is 50.8 Å². The van der Waals surface area contributed by atoms with Gasteiger partial charge in [-0.05, 0) is 61.1 Å². The molecule has 1 aliphatic heterocycles. The molecule has 2 N–H and O–H groups in total. The fourth-order valence-corrected chi connectivity index (χ4v) is 5.98. The van der Waals surface area contributed by atoms with Gasteiger partial charge < -0.3 is 5.73 Å². The Morgan fingerprint density at radius 1 is 1.06 bits per heavy atom. The minimum atomic E-state index is -0.712. The molecule has 0 amide bonds. The van der Waals surface area contributed by atoms with Gasteiger partial charge in [0.2, 0.25) is 5.13 Å². The lowest BCUT2D eigenvalue weighted by molar-refractivity contribution is 0.524. The van der Waals surface area contributed by atoms with Crippen LogP contribution in [0, 0.1) is 18.6 Å². The van der Waals surface area contributed by atoms with Crippen LogP contribution < -0.4 is 10.7 Å². The van der Waals surface area contributed by atoms with E-state index < -0.39 is 16.5 Å². The lowest BCUT2D eigenvalue weighted by Crippen LogP contribution is -2.38. The Balaban J connectivity index is 1.87. The molecule has 0 saturated heterocycles. The van der Waals surface area contributed by atoms with Gasteiger partial charge in [0, 0.05) is 5.56 Å². The van der Waals surface area contributed by atoms with Crippen LogP contribution in [0.4, 0.5) is 13.9 Å². The second-order valence-electron chi connectivity index (χ2n) is 9.05. The number of aryl methyl sites for hydroxylation is 1. The highest BCUT2D eigenvalue weighted by Gasteiger charge is 2.48. The molecule has 2 aromatic carbocycles. The summed E-state index contributed by atoms with van der Waals surface area (Å²) < 4.78 is 28.7. The van der Waals surface area contributed by atoms with Crippen molar-refractivity contribution in [1.82, 2.24) is 10.2 Å². The minimum absolute atomic E-state index is 0.00809. The third-order valence-corrected chi connectivity index (χ3v) is 7.84. The van der Waals surface area contributed by atoms with Crippen LogP contribution in [0.3, 0.4) is 0 Å². The minimum Gasteiger partial charge on any atom is -0.330 e. The zero-order chi connectivity index (χ0) is 23.8. The molecule has 0 saturated carbocycles. The predicted molar refractivity (Wildman–Crippen MR) is 133 cm³/mol. The van der Waals surface area contributed by atoms with Crippen molar-refractivity contribution < 1.29 is 8.78 Å². The molecule has 1 unspecified atom stereocenters. The number of rotatable bonds is 6. The molecule has 1 atom stereocenters. The second kappa shape index (κ2) is 9.12. The molecule has 1 aromatic heterocycles. The van der Waals surface area contributed by atoms with Gasteiger partial charge >= 0.3 is 0 Å². The topological polar surface area (TPSA) is 67.4 Å². The summed E-state index contributed by atoms with van der Waals surface area (Å²) in [7, 11) is 0. The Labute approximate surface area is 201 Å². The Bertz CT molecular complexity index is 1170. The number of anilines is 1. The monoisotopic (exact) mass is 487 g/mol. The molecule has 0 spiro atoms. The first-order chi connectivity index (χ1) is 15.6. The van der Waals surface area contributed by atoms with Crippen LogP contribution in [-0.2, 0) is 10.3 Å². The first kappa shape index (κ1) is 23.8. The van der Waals surface area contributed by atoms with E-state index >= 15 is 0 Å². The van der Waals surface area contributed by atoms with Gasteiger partial charge in [0.05, 0.1) is 0 Å². The SMILES string of the molecule is Cc1nnc(N2N=C(c3cc(F)ccc3F)SC2(CCCN)c2ccc(C(C)(C)C)cc2)s1. The number of hydrogen-bond donors (Lipinski definition) is 1. The highest BCUT2D eigenvalue weighted by atomic mass is 32.2. The maximum absolute atomic E-state index is 14.7. The summed E-state index contributed by atoms with van der Waals surface area (Å²) >= 11 is 2.82. The van der Waals surface area contributed by atoms with Crippen LogP contribution in [0.5, 0.6) is 0 Å². The zero-order valence-electron chi connectivity index (χ0n) is 19.1. The molecule has 174 valence electrons. The van der Waals surface area contributed by atoms with E-state index in [-0.39, 0.29) is 11.0 Å². The summed E-state index contributed by atoms with van der Waals surface area (Å²) in [6.45, 7) is 8.87. The lowest BCUT2D eigenvalue weighted by atomic mass is 9.86. The van der Waals surface area contributed by atoms with Crippen LogP contribution in [0.15, 0.2) is 47.6 Å². The average Bonchev–Trinajstić information content (AvgIpc) is 3.37. The molecule has 5 nitrogen and oxygen atoms in total. The zero-order valence-corrected chi connectivity index (χ0v) is 20.7. The first-order valence-electron chi connectivity index (χ1n) is 10.8. The lowest BCUT2D eigenvalue weighted by Gasteiger charge is -2.36. The highest BCUT2D eigenvalue weighted by Crippen LogP contribution is 2.52. The Kier molecular flexibility index (Phi) is 6.57. The summed E-state index contributed by atoms with van der Waals surface area (Å²) in [5.41, 5.74) is 8.25. The van der Waals surface area contributed by atoms with E-state index in [0.717, 1.165) is 29.1 Å². The van der Waals surface area contributed by atoms with E-state index in [0.29, 0.717) is 23.1 Å². The standard InChI is InChI=1S/C24H27F2N5S2/c1-15-28-29-22(32-15)31-24(12-5-13-27,17-8-6-16(7-9-17)23(2,3)4)33-21(30-31)19-14-18(25)10-11-20(19)26/h6-11,14H,5,12-13,27H2,1-4H3. The van der Waals surface area contributed by atoms with Gasteiger partial charge in [-0.15, -0.1) is 10.2 Å². The number of halogens is 2. The number of hydrazone groups is 1. The summed E-state index contributed by atoms with van der Waals surface area (Å²) in [6, 6.07) is 11.8. The average molecular weight is 488 g/mol. The number of hydrogen-bond acceptors (Lipinski definition) is 7. The number of nitrogens with two attached hydrogens (primary N) is 1. The summed E-state index contributed by atoms with van der Waals surface area (Å²) in [5.74, 6) is -1.03. The summed E-state index contributed by atoms with van der Waals surface area (Å²) in [5, 5.41) is 16.9. The van der Waals surface area contributed by atoms with Crippen LogP contribution in [0.1, 0.15) is 55.3 Å². The number of benzene rings is 2. The van der Waals surface area contributed by atoms with Crippen molar-refractivity contribution in [1.29, 1.82) is 0 Å². The van der Waals surface area contributed by atoms with Crippen molar-refractivity contribution in [3.05, 3.63) is 75.8 Å². The van der Waals surface area contributed by atoms with Gasteiger partial charge in [-0.2, -0.15) is 5.10 Å². The quantitative estimate of drug-likeness (QED) is 0.467. The normalized spacial score (nSPS) is 18.6. The van der Waals surface area contributed by atoms with Crippen LogP contribution in [-0.4, -0.2) is 21.8 Å². The molecular formula is C24H27F2N5S2. The van der Waals surface area contributed by atoms with Gasteiger partial charge in [0.25, 0.3) is 0 Å². The molecular weight excluding hydrogens is 460 g/mol. The Morgan fingerprint density at radius 2 is 1.79 bits per heavy atom. The second-order valence-corrected chi connectivity index (χ2v) is 11.5. The van der Waals surface area contributed by atoms with E-state index in [9.17, 15) is 8.78 Å². The maximum atomic E-state index is 14.7. The molecule has 4 rings (SSSR count). The van der Waals surface area contributed by atoms with E-state index in [4.69, 9.17) is 10.8 Å². The van der Waals surface area contributed by atoms with Gasteiger partial charge in [-0.1, -0.05) is 68.1 Å². The van der Waals surface area contributed by atoms with Gasteiger partial charge in [0.15, 0.2) is 0 Å². The number of nitrogens with zero attached hydrogens (tertiary/aromatic N) is 4. The molecule has 0 aliphatic carbocycles. The Hall–Kier alpha value is -2.36. The van der Waals surface area contributed by atoms with Crippen LogP contribution >= 0.6 is 23.1 Å². The number of aromatic nitrogens is 2. The third-order valence-electron chi connectivity index (χ3n) is 5.58. The maximum Gasteiger partial charge on any atom is 0.230 e. The van der Waals surface area contributed by atoms with Crippen LogP contribution in [0.25, 0.3) is 0 Å². The molecule has 9 heteroatoms. The van der Waals surface area contributed by atoms with Crippen molar-refractivity contribution in [3.8, 4) is 0 Å². The highest BCUT2D eigenvalue weighted by molar-refractivity contribution is 8.15. The van der Waals surface area contributed by atoms with E-state index in [2.05, 4.69) is 55.2 Å². The van der Waals surface area contributed by atoms with E-state index in [1.54, 1.807) is 0 Å². The van der Waals surface area contributed by atoms with Crippen molar-refractivity contribution in [2.24, 2.45) is 10.8 Å². The molecule has 0 fully saturated rings.